The lowest BCUT2D eigenvalue weighted by Gasteiger charge is -2.19. The van der Waals surface area contributed by atoms with E-state index in [1.807, 2.05) is 30.7 Å². The first kappa shape index (κ1) is 13.9. The molecule has 0 amide bonds. The third-order valence-corrected chi connectivity index (χ3v) is 3.57. The lowest BCUT2D eigenvalue weighted by molar-refractivity contribution is 0.174. The van der Waals surface area contributed by atoms with Crippen LogP contribution in [0.4, 0.5) is 0 Å². The van der Waals surface area contributed by atoms with Crippen molar-refractivity contribution in [3.63, 3.8) is 0 Å². The molecule has 0 spiro atoms. The minimum atomic E-state index is 0.157. The van der Waals surface area contributed by atoms with Crippen LogP contribution in [0.5, 0.6) is 11.5 Å². The highest BCUT2D eigenvalue weighted by atomic mass is 16.7. The summed E-state index contributed by atoms with van der Waals surface area (Å²) in [5, 5.41) is 7.93. The molecule has 1 aromatic carbocycles. The van der Waals surface area contributed by atoms with Gasteiger partial charge in [-0.1, -0.05) is 13.0 Å². The highest BCUT2D eigenvalue weighted by Gasteiger charge is 2.19. The van der Waals surface area contributed by atoms with E-state index in [2.05, 4.69) is 28.4 Å². The maximum atomic E-state index is 5.46. The molecule has 112 valence electrons. The third kappa shape index (κ3) is 2.85. The van der Waals surface area contributed by atoms with Gasteiger partial charge in [0.25, 0.3) is 0 Å². The summed E-state index contributed by atoms with van der Waals surface area (Å²) in [7, 11) is 0. The molecular formula is C15H20N4O2. The van der Waals surface area contributed by atoms with Gasteiger partial charge in [0.2, 0.25) is 6.79 Å². The second-order valence-electron chi connectivity index (χ2n) is 5.11. The summed E-state index contributed by atoms with van der Waals surface area (Å²) >= 11 is 0. The summed E-state index contributed by atoms with van der Waals surface area (Å²) in [5.74, 6) is 3.34. The van der Waals surface area contributed by atoms with E-state index < -0.39 is 0 Å². The van der Waals surface area contributed by atoms with Gasteiger partial charge in [0.1, 0.15) is 11.6 Å². The number of rotatable bonds is 5. The Hall–Kier alpha value is -2.08. The van der Waals surface area contributed by atoms with E-state index >= 15 is 0 Å². The fraction of sp³-hybridized carbons (Fsp3) is 0.467. The Balaban J connectivity index is 1.85. The van der Waals surface area contributed by atoms with Gasteiger partial charge in [-0.25, -0.2) is 9.67 Å². The van der Waals surface area contributed by atoms with Crippen molar-refractivity contribution in [1.29, 1.82) is 0 Å². The first-order valence-electron chi connectivity index (χ1n) is 7.18. The average molecular weight is 288 g/mol. The molecule has 0 bridgehead atoms. The number of hydrogen-bond acceptors (Lipinski definition) is 5. The molecule has 0 saturated heterocycles. The topological polar surface area (TPSA) is 61.2 Å². The van der Waals surface area contributed by atoms with Crippen molar-refractivity contribution in [1.82, 2.24) is 20.1 Å². The Morgan fingerprint density at radius 1 is 1.29 bits per heavy atom. The molecule has 6 heteroatoms. The van der Waals surface area contributed by atoms with Gasteiger partial charge in [-0.05, 0) is 38.1 Å². The van der Waals surface area contributed by atoms with E-state index in [1.165, 1.54) is 0 Å². The van der Waals surface area contributed by atoms with Gasteiger partial charge in [0.15, 0.2) is 11.5 Å². The maximum Gasteiger partial charge on any atom is 0.231 e. The van der Waals surface area contributed by atoms with E-state index in [1.54, 1.807) is 0 Å². The molecule has 21 heavy (non-hydrogen) atoms. The molecule has 1 atom stereocenters. The average Bonchev–Trinajstić information content (AvgIpc) is 3.04. The zero-order valence-electron chi connectivity index (χ0n) is 12.6. The van der Waals surface area contributed by atoms with Crippen LogP contribution in [-0.2, 0) is 6.54 Å². The summed E-state index contributed by atoms with van der Waals surface area (Å²) < 4.78 is 12.8. The fourth-order valence-corrected chi connectivity index (χ4v) is 2.57. The van der Waals surface area contributed by atoms with E-state index in [4.69, 9.17) is 9.47 Å². The second kappa shape index (κ2) is 5.73. The Bertz CT molecular complexity index is 639. The Morgan fingerprint density at radius 2 is 2.10 bits per heavy atom. The summed E-state index contributed by atoms with van der Waals surface area (Å²) in [5.41, 5.74) is 1.16. The normalized spacial score (nSPS) is 14.4. The van der Waals surface area contributed by atoms with Gasteiger partial charge in [-0.15, -0.1) is 0 Å². The number of likely N-dealkylation sites (N-methyl/N-ethyl adjacent to an activating group) is 1. The molecule has 2 heterocycles. The molecule has 6 nitrogen and oxygen atoms in total. The van der Waals surface area contributed by atoms with E-state index in [-0.39, 0.29) is 6.04 Å². The third-order valence-electron chi connectivity index (χ3n) is 3.57. The monoisotopic (exact) mass is 288 g/mol. The van der Waals surface area contributed by atoms with E-state index in [9.17, 15) is 0 Å². The molecule has 3 rings (SSSR count). The predicted octanol–water partition coefficient (Wildman–Crippen LogP) is 1.97. The van der Waals surface area contributed by atoms with Crippen LogP contribution in [0.25, 0.3) is 0 Å². The highest BCUT2D eigenvalue weighted by Crippen LogP contribution is 2.34. The summed E-state index contributed by atoms with van der Waals surface area (Å²) in [4.78, 5) is 4.36. The molecule has 0 aliphatic carbocycles. The second-order valence-corrected chi connectivity index (χ2v) is 5.11. The minimum absolute atomic E-state index is 0.157. The molecule has 1 aliphatic heterocycles. The Kier molecular flexibility index (Phi) is 3.79. The number of aromatic nitrogens is 3. The van der Waals surface area contributed by atoms with Gasteiger partial charge in [0.05, 0.1) is 12.6 Å². The first-order chi connectivity index (χ1) is 10.2. The van der Waals surface area contributed by atoms with Crippen molar-refractivity contribution in [3.8, 4) is 11.5 Å². The smallest absolute Gasteiger partial charge is 0.231 e. The maximum absolute atomic E-state index is 5.46. The van der Waals surface area contributed by atoms with Crippen LogP contribution >= 0.6 is 0 Å². The van der Waals surface area contributed by atoms with Crippen LogP contribution in [0.15, 0.2) is 18.2 Å². The summed E-state index contributed by atoms with van der Waals surface area (Å²) in [6, 6.07) is 6.22. The van der Waals surface area contributed by atoms with Crippen LogP contribution in [-0.4, -0.2) is 28.1 Å². The Labute approximate surface area is 124 Å². The van der Waals surface area contributed by atoms with E-state index in [0.29, 0.717) is 6.79 Å². The number of nitrogens with zero attached hydrogens (tertiary/aromatic N) is 3. The quantitative estimate of drug-likeness (QED) is 0.911. The number of nitrogens with one attached hydrogen (secondary N) is 1. The minimum Gasteiger partial charge on any atom is -0.454 e. The van der Waals surface area contributed by atoms with Crippen LogP contribution < -0.4 is 14.8 Å². The van der Waals surface area contributed by atoms with Crippen LogP contribution in [0.1, 0.15) is 30.2 Å². The van der Waals surface area contributed by atoms with Crippen molar-refractivity contribution in [2.75, 3.05) is 13.3 Å². The first-order valence-corrected chi connectivity index (χ1v) is 7.18. The number of ether oxygens (including phenoxy) is 2. The van der Waals surface area contributed by atoms with Gasteiger partial charge in [-0.2, -0.15) is 5.10 Å². The molecule has 1 aliphatic rings. The van der Waals surface area contributed by atoms with Crippen molar-refractivity contribution in [2.24, 2.45) is 0 Å². The highest BCUT2D eigenvalue weighted by molar-refractivity contribution is 5.45. The molecule has 0 fully saturated rings. The van der Waals surface area contributed by atoms with Crippen molar-refractivity contribution < 1.29 is 9.47 Å². The van der Waals surface area contributed by atoms with Crippen LogP contribution in [0.3, 0.4) is 0 Å². The SMILES string of the molecule is CCNC(Cn1nc(C)nc1C)c1ccc2c(c1)OCO2. The van der Waals surface area contributed by atoms with Gasteiger partial charge in [-0.3, -0.25) is 0 Å². The number of hydrogen-bond donors (Lipinski definition) is 1. The van der Waals surface area contributed by atoms with Crippen LogP contribution in [0, 0.1) is 13.8 Å². The summed E-state index contributed by atoms with van der Waals surface area (Å²) in [6.45, 7) is 7.90. The lowest BCUT2D eigenvalue weighted by atomic mass is 10.1. The predicted molar refractivity (Wildman–Crippen MR) is 78.5 cm³/mol. The number of fused-ring (bicyclic) bond motifs is 1. The molecule has 1 aromatic heterocycles. The number of benzene rings is 1. The van der Waals surface area contributed by atoms with Gasteiger partial charge in [0, 0.05) is 0 Å². The molecule has 1 N–H and O–H groups in total. The summed E-state index contributed by atoms with van der Waals surface area (Å²) in [6.07, 6.45) is 0. The lowest BCUT2D eigenvalue weighted by Crippen LogP contribution is -2.26. The zero-order chi connectivity index (χ0) is 14.8. The number of aryl methyl sites for hydroxylation is 2. The van der Waals surface area contributed by atoms with Crippen molar-refractivity contribution in [2.45, 2.75) is 33.4 Å². The molecule has 1 unspecified atom stereocenters. The molecular weight excluding hydrogens is 268 g/mol. The van der Waals surface area contributed by atoms with Crippen molar-refractivity contribution >= 4 is 0 Å². The van der Waals surface area contributed by atoms with Crippen molar-refractivity contribution in [3.05, 3.63) is 35.4 Å². The molecule has 0 saturated carbocycles. The molecule has 2 aromatic rings. The Morgan fingerprint density at radius 3 is 2.81 bits per heavy atom. The fourth-order valence-electron chi connectivity index (χ4n) is 2.57. The standard InChI is InChI=1S/C15H20N4O2/c1-4-16-13(8-19-11(3)17-10(2)18-19)12-5-6-14-15(7-12)21-9-20-14/h5-7,13,16H,4,8-9H2,1-3H3. The molecule has 0 radical (unpaired) electrons. The largest absolute Gasteiger partial charge is 0.454 e. The van der Waals surface area contributed by atoms with Gasteiger partial charge < -0.3 is 14.8 Å². The van der Waals surface area contributed by atoms with Gasteiger partial charge >= 0.3 is 0 Å². The van der Waals surface area contributed by atoms with Crippen LogP contribution in [0.2, 0.25) is 0 Å². The van der Waals surface area contributed by atoms with E-state index in [0.717, 1.165) is 41.8 Å². The zero-order valence-corrected chi connectivity index (χ0v) is 12.6.